The zero-order valence-electron chi connectivity index (χ0n) is 16.6. The average Bonchev–Trinajstić information content (AvgIpc) is 3.10. The van der Waals surface area contributed by atoms with Crippen molar-refractivity contribution in [1.29, 1.82) is 0 Å². The standard InChI is InChI=1S/C27H19N3/c1-27-17-7-4-11-21(27)19-9-3-2-8-18(19)20-10-5-12-22-24(20)25(27)23(14-13-17)30(22)26-28-15-6-16-29-26/h2-17H,1H3. The van der Waals surface area contributed by atoms with Crippen molar-refractivity contribution in [3.63, 3.8) is 0 Å². The first-order valence-electron chi connectivity index (χ1n) is 10.4. The van der Waals surface area contributed by atoms with Gasteiger partial charge in [-0.1, -0.05) is 67.6 Å². The van der Waals surface area contributed by atoms with E-state index in [-0.39, 0.29) is 5.41 Å². The Balaban J connectivity index is 1.75. The van der Waals surface area contributed by atoms with Crippen molar-refractivity contribution in [3.05, 3.63) is 102 Å². The Bertz CT molecular complexity index is 1450. The summed E-state index contributed by atoms with van der Waals surface area (Å²) in [6.07, 6.45) is 15.1. The maximum atomic E-state index is 4.61. The molecule has 0 aliphatic heterocycles. The molecule has 2 aromatic heterocycles. The van der Waals surface area contributed by atoms with E-state index in [1.165, 1.54) is 44.4 Å². The third-order valence-electron chi connectivity index (χ3n) is 7.08. The molecule has 2 aromatic carbocycles. The molecule has 30 heavy (non-hydrogen) atoms. The molecule has 7 rings (SSSR count). The van der Waals surface area contributed by atoms with Crippen LogP contribution in [0.5, 0.6) is 0 Å². The van der Waals surface area contributed by atoms with Crippen LogP contribution in [-0.2, 0) is 5.41 Å². The molecule has 0 saturated carbocycles. The monoisotopic (exact) mass is 385 g/mol. The van der Waals surface area contributed by atoms with E-state index in [0.29, 0.717) is 5.92 Å². The predicted octanol–water partition coefficient (Wildman–Crippen LogP) is 5.96. The van der Waals surface area contributed by atoms with Crippen molar-refractivity contribution < 1.29 is 0 Å². The van der Waals surface area contributed by atoms with Crippen LogP contribution in [0.4, 0.5) is 0 Å². The van der Waals surface area contributed by atoms with Crippen molar-refractivity contribution in [3.8, 4) is 17.1 Å². The third-order valence-corrected chi connectivity index (χ3v) is 7.08. The van der Waals surface area contributed by atoms with Crippen LogP contribution in [0, 0.1) is 5.92 Å². The van der Waals surface area contributed by atoms with E-state index in [4.69, 9.17) is 0 Å². The van der Waals surface area contributed by atoms with Gasteiger partial charge in [0.05, 0.1) is 11.2 Å². The van der Waals surface area contributed by atoms with E-state index in [9.17, 15) is 0 Å². The molecular formula is C27H19N3. The summed E-state index contributed by atoms with van der Waals surface area (Å²) in [6, 6.07) is 17.3. The molecule has 0 spiro atoms. The molecule has 142 valence electrons. The molecule has 3 nitrogen and oxygen atoms in total. The first-order valence-corrected chi connectivity index (χ1v) is 10.4. The Labute approximate surface area is 174 Å². The number of benzene rings is 2. The minimum Gasteiger partial charge on any atom is -0.278 e. The first kappa shape index (κ1) is 16.1. The van der Waals surface area contributed by atoms with Crippen molar-refractivity contribution in [2.45, 2.75) is 12.3 Å². The fourth-order valence-corrected chi connectivity index (χ4v) is 5.78. The molecule has 2 atom stereocenters. The second kappa shape index (κ2) is 5.45. The number of rotatable bonds is 1. The Hall–Kier alpha value is -3.72. The Kier molecular flexibility index (Phi) is 2.93. The number of nitrogens with zero attached hydrogens (tertiary/aromatic N) is 3. The Morgan fingerprint density at radius 3 is 2.53 bits per heavy atom. The van der Waals surface area contributed by atoms with Crippen LogP contribution in [0.3, 0.4) is 0 Å². The first-order chi connectivity index (χ1) is 14.8. The van der Waals surface area contributed by atoms with Gasteiger partial charge in [-0.3, -0.25) is 4.57 Å². The van der Waals surface area contributed by atoms with Gasteiger partial charge < -0.3 is 0 Å². The molecule has 3 heteroatoms. The number of aromatic nitrogens is 3. The highest BCUT2D eigenvalue weighted by molar-refractivity contribution is 6.09. The summed E-state index contributed by atoms with van der Waals surface area (Å²) < 4.78 is 2.23. The molecule has 0 saturated heterocycles. The highest BCUT2D eigenvalue weighted by Crippen LogP contribution is 2.58. The van der Waals surface area contributed by atoms with Crippen LogP contribution in [0.15, 0.2) is 85.2 Å². The van der Waals surface area contributed by atoms with E-state index in [0.717, 1.165) is 5.95 Å². The summed E-state index contributed by atoms with van der Waals surface area (Å²) in [4.78, 5) is 9.21. The molecule has 2 unspecified atom stereocenters. The normalized spacial score (nSPS) is 22.6. The van der Waals surface area contributed by atoms with Crippen LogP contribution in [0.1, 0.15) is 23.7 Å². The quantitative estimate of drug-likeness (QED) is 0.405. The highest BCUT2D eigenvalue weighted by atomic mass is 15.2. The predicted molar refractivity (Wildman–Crippen MR) is 121 cm³/mol. The summed E-state index contributed by atoms with van der Waals surface area (Å²) in [5.74, 6) is 1.04. The zero-order valence-corrected chi connectivity index (χ0v) is 16.6. The van der Waals surface area contributed by atoms with E-state index in [2.05, 4.69) is 94.3 Å². The van der Waals surface area contributed by atoms with Crippen molar-refractivity contribution in [2.24, 2.45) is 5.92 Å². The summed E-state index contributed by atoms with van der Waals surface area (Å²) in [7, 11) is 0. The SMILES string of the molecule is CC12C3=CC=CC1C=Cc1c2c2c(cccc2n1-c1ncccn1)-c1ccccc13. The van der Waals surface area contributed by atoms with Crippen LogP contribution >= 0.6 is 0 Å². The van der Waals surface area contributed by atoms with Crippen molar-refractivity contribution in [2.75, 3.05) is 0 Å². The largest absolute Gasteiger partial charge is 0.278 e. The maximum Gasteiger partial charge on any atom is 0.234 e. The lowest BCUT2D eigenvalue weighted by molar-refractivity contribution is 0.514. The molecular weight excluding hydrogens is 366 g/mol. The van der Waals surface area contributed by atoms with Gasteiger partial charge in [0.15, 0.2) is 0 Å². The van der Waals surface area contributed by atoms with Crippen molar-refractivity contribution >= 4 is 22.6 Å². The van der Waals surface area contributed by atoms with Gasteiger partial charge >= 0.3 is 0 Å². The van der Waals surface area contributed by atoms with Gasteiger partial charge in [-0.25, -0.2) is 9.97 Å². The minimum atomic E-state index is -0.139. The Morgan fingerprint density at radius 2 is 1.67 bits per heavy atom. The fraction of sp³-hybridized carbons (Fsp3) is 0.111. The second-order valence-electron chi connectivity index (χ2n) is 8.44. The van der Waals surface area contributed by atoms with Gasteiger partial charge in [0.1, 0.15) is 0 Å². The van der Waals surface area contributed by atoms with Gasteiger partial charge in [0, 0.05) is 29.1 Å². The Morgan fingerprint density at radius 1 is 0.867 bits per heavy atom. The number of allylic oxidation sites excluding steroid dienone is 5. The van der Waals surface area contributed by atoms with E-state index < -0.39 is 0 Å². The number of hydrogen-bond acceptors (Lipinski definition) is 2. The molecule has 0 amide bonds. The molecule has 4 aromatic rings. The second-order valence-corrected chi connectivity index (χ2v) is 8.44. The zero-order chi connectivity index (χ0) is 19.9. The average molecular weight is 385 g/mol. The summed E-state index contributed by atoms with van der Waals surface area (Å²) in [5, 5.41) is 1.32. The van der Waals surface area contributed by atoms with Gasteiger partial charge in [0.25, 0.3) is 0 Å². The smallest absolute Gasteiger partial charge is 0.234 e. The molecule has 0 fully saturated rings. The van der Waals surface area contributed by atoms with Crippen molar-refractivity contribution in [1.82, 2.24) is 14.5 Å². The lowest BCUT2D eigenvalue weighted by Crippen LogP contribution is -2.35. The maximum absolute atomic E-state index is 4.61. The van der Waals surface area contributed by atoms with Gasteiger partial charge in [0.2, 0.25) is 5.95 Å². The summed E-state index contributed by atoms with van der Waals surface area (Å²) in [5.41, 5.74) is 8.92. The van der Waals surface area contributed by atoms with Gasteiger partial charge in [-0.2, -0.15) is 0 Å². The number of fused-ring (bicyclic) bond motifs is 3. The summed E-state index contributed by atoms with van der Waals surface area (Å²) >= 11 is 0. The highest BCUT2D eigenvalue weighted by Gasteiger charge is 2.47. The van der Waals surface area contributed by atoms with E-state index in [1.807, 2.05) is 18.5 Å². The molecule has 3 aliphatic rings. The van der Waals surface area contributed by atoms with Crippen LogP contribution in [0.2, 0.25) is 0 Å². The summed E-state index contributed by atoms with van der Waals surface area (Å²) in [6.45, 7) is 2.41. The lowest BCUT2D eigenvalue weighted by Gasteiger charge is -2.41. The van der Waals surface area contributed by atoms with Crippen LogP contribution in [0.25, 0.3) is 39.6 Å². The lowest BCUT2D eigenvalue weighted by atomic mass is 9.61. The van der Waals surface area contributed by atoms with Gasteiger partial charge in [-0.05, 0) is 46.0 Å². The number of hydrogen-bond donors (Lipinski definition) is 0. The van der Waals surface area contributed by atoms with Gasteiger partial charge in [-0.15, -0.1) is 0 Å². The third kappa shape index (κ3) is 1.77. The molecule has 3 aliphatic carbocycles. The molecule has 2 heterocycles. The molecule has 0 radical (unpaired) electrons. The molecule has 0 bridgehead atoms. The minimum absolute atomic E-state index is 0.139. The van der Waals surface area contributed by atoms with E-state index >= 15 is 0 Å². The topological polar surface area (TPSA) is 30.7 Å². The molecule has 0 N–H and O–H groups in total. The van der Waals surface area contributed by atoms with Crippen LogP contribution in [-0.4, -0.2) is 14.5 Å². The van der Waals surface area contributed by atoms with Crippen LogP contribution < -0.4 is 0 Å². The van der Waals surface area contributed by atoms with E-state index in [1.54, 1.807) is 0 Å². The fourth-order valence-electron chi connectivity index (χ4n) is 5.78.